The van der Waals surface area contributed by atoms with Crippen molar-refractivity contribution in [2.75, 3.05) is 5.73 Å². The molecule has 3 N–H and O–H groups in total. The number of aromatic nitrogens is 2. The van der Waals surface area contributed by atoms with Crippen LogP contribution in [-0.4, -0.2) is 15.9 Å². The van der Waals surface area contributed by atoms with E-state index < -0.39 is 0 Å². The number of nitrogens with two attached hydrogens (primary N) is 1. The molecule has 0 atom stereocenters. The molecule has 0 unspecified atom stereocenters. The van der Waals surface area contributed by atoms with Crippen molar-refractivity contribution in [3.63, 3.8) is 0 Å². The Hall–Kier alpha value is -2.43. The first-order chi connectivity index (χ1) is 8.68. The van der Waals surface area contributed by atoms with E-state index in [1.54, 1.807) is 24.5 Å². The third kappa shape index (κ3) is 2.63. The van der Waals surface area contributed by atoms with Crippen molar-refractivity contribution in [3.8, 4) is 0 Å². The zero-order chi connectivity index (χ0) is 13.0. The minimum Gasteiger partial charge on any atom is -0.383 e. The summed E-state index contributed by atoms with van der Waals surface area (Å²) >= 11 is 0. The Balaban J connectivity index is 2.06. The molecule has 0 bridgehead atoms. The third-order valence-electron chi connectivity index (χ3n) is 2.62. The summed E-state index contributed by atoms with van der Waals surface area (Å²) in [5, 5.41) is 2.78. The molecule has 2 heterocycles. The van der Waals surface area contributed by atoms with Crippen LogP contribution in [0, 0.1) is 6.92 Å². The van der Waals surface area contributed by atoms with Gasteiger partial charge in [-0.15, -0.1) is 0 Å². The highest BCUT2D eigenvalue weighted by molar-refractivity contribution is 5.98. The lowest BCUT2D eigenvalue weighted by Gasteiger charge is -2.07. The van der Waals surface area contributed by atoms with E-state index in [1.807, 2.05) is 19.1 Å². The minimum absolute atomic E-state index is 0.229. The first-order valence-corrected chi connectivity index (χ1v) is 5.57. The smallest absolute Gasteiger partial charge is 0.255 e. The Morgan fingerprint density at radius 2 is 2.00 bits per heavy atom. The Kier molecular flexibility index (Phi) is 3.52. The molecule has 2 rings (SSSR count). The molecular weight excluding hydrogens is 228 g/mol. The topological polar surface area (TPSA) is 80.9 Å². The molecule has 0 saturated carbocycles. The van der Waals surface area contributed by atoms with Crippen LogP contribution in [0.3, 0.4) is 0 Å². The van der Waals surface area contributed by atoms with Crippen LogP contribution in [0.1, 0.15) is 21.6 Å². The van der Waals surface area contributed by atoms with Crippen molar-refractivity contribution in [1.29, 1.82) is 0 Å². The molecule has 0 saturated heterocycles. The number of rotatable bonds is 3. The SMILES string of the molecule is Cc1cccnc1CNC(=O)c1cccnc1N. The molecule has 1 amide bonds. The van der Waals surface area contributed by atoms with Crippen LogP contribution < -0.4 is 11.1 Å². The van der Waals surface area contributed by atoms with Gasteiger partial charge in [0.05, 0.1) is 17.8 Å². The van der Waals surface area contributed by atoms with Gasteiger partial charge in [0.15, 0.2) is 0 Å². The second-order valence-corrected chi connectivity index (χ2v) is 3.89. The van der Waals surface area contributed by atoms with Crippen molar-refractivity contribution in [2.24, 2.45) is 0 Å². The number of carbonyl (C=O) groups is 1. The van der Waals surface area contributed by atoms with E-state index in [9.17, 15) is 4.79 Å². The molecule has 0 radical (unpaired) electrons. The molecule has 5 heteroatoms. The van der Waals surface area contributed by atoms with E-state index in [0.29, 0.717) is 12.1 Å². The largest absolute Gasteiger partial charge is 0.383 e. The lowest BCUT2D eigenvalue weighted by Crippen LogP contribution is -2.24. The predicted octanol–water partition coefficient (Wildman–Crippen LogP) is 1.30. The summed E-state index contributed by atoms with van der Waals surface area (Å²) in [6.45, 7) is 2.33. The summed E-state index contributed by atoms with van der Waals surface area (Å²) in [4.78, 5) is 20.0. The molecule has 92 valence electrons. The van der Waals surface area contributed by atoms with Crippen LogP contribution in [-0.2, 0) is 6.54 Å². The van der Waals surface area contributed by atoms with Gasteiger partial charge in [0.2, 0.25) is 0 Å². The van der Waals surface area contributed by atoms with E-state index in [4.69, 9.17) is 5.73 Å². The first-order valence-electron chi connectivity index (χ1n) is 5.57. The Bertz CT molecular complexity index is 568. The first kappa shape index (κ1) is 12.0. The highest BCUT2D eigenvalue weighted by Crippen LogP contribution is 2.07. The van der Waals surface area contributed by atoms with Gasteiger partial charge in [-0.1, -0.05) is 6.07 Å². The number of hydrogen-bond donors (Lipinski definition) is 2. The van der Waals surface area contributed by atoms with Crippen molar-refractivity contribution in [1.82, 2.24) is 15.3 Å². The molecule has 0 aliphatic heterocycles. The average molecular weight is 242 g/mol. The number of nitrogens with one attached hydrogen (secondary N) is 1. The number of amides is 1. The summed E-state index contributed by atoms with van der Waals surface area (Å²) in [5.41, 5.74) is 7.89. The van der Waals surface area contributed by atoms with Crippen molar-refractivity contribution in [2.45, 2.75) is 13.5 Å². The quantitative estimate of drug-likeness (QED) is 0.850. The molecule has 18 heavy (non-hydrogen) atoms. The lowest BCUT2D eigenvalue weighted by molar-refractivity contribution is 0.0951. The van der Waals surface area contributed by atoms with Gasteiger partial charge in [0.1, 0.15) is 5.82 Å². The molecule has 0 aliphatic rings. The molecule has 0 aromatic carbocycles. The highest BCUT2D eigenvalue weighted by Gasteiger charge is 2.10. The van der Waals surface area contributed by atoms with Crippen LogP contribution in [0.4, 0.5) is 5.82 Å². The van der Waals surface area contributed by atoms with Gasteiger partial charge >= 0.3 is 0 Å². The van der Waals surface area contributed by atoms with E-state index in [1.165, 1.54) is 0 Å². The summed E-state index contributed by atoms with van der Waals surface area (Å²) in [6, 6.07) is 7.13. The third-order valence-corrected chi connectivity index (χ3v) is 2.62. The number of nitrogens with zero attached hydrogens (tertiary/aromatic N) is 2. The number of hydrogen-bond acceptors (Lipinski definition) is 4. The fourth-order valence-corrected chi connectivity index (χ4v) is 1.57. The second-order valence-electron chi connectivity index (χ2n) is 3.89. The van der Waals surface area contributed by atoms with Crippen molar-refractivity contribution >= 4 is 11.7 Å². The van der Waals surface area contributed by atoms with Gasteiger partial charge < -0.3 is 11.1 Å². The summed E-state index contributed by atoms with van der Waals surface area (Å²) in [6.07, 6.45) is 3.25. The van der Waals surface area contributed by atoms with E-state index >= 15 is 0 Å². The summed E-state index contributed by atoms with van der Waals surface area (Å²) in [5.74, 6) is -0.0154. The summed E-state index contributed by atoms with van der Waals surface area (Å²) in [7, 11) is 0. The summed E-state index contributed by atoms with van der Waals surface area (Å²) < 4.78 is 0. The van der Waals surface area contributed by atoms with Crippen molar-refractivity contribution < 1.29 is 4.79 Å². The van der Waals surface area contributed by atoms with Crippen molar-refractivity contribution in [3.05, 3.63) is 53.5 Å². The van der Waals surface area contributed by atoms with Gasteiger partial charge in [-0.25, -0.2) is 4.98 Å². The standard InChI is InChI=1S/C13H14N4O/c1-9-4-2-6-15-11(9)8-17-13(18)10-5-3-7-16-12(10)14/h2-7H,8H2,1H3,(H2,14,16)(H,17,18). The van der Waals surface area contributed by atoms with E-state index in [0.717, 1.165) is 11.3 Å². The maximum atomic E-state index is 11.9. The fraction of sp³-hybridized carbons (Fsp3) is 0.154. The molecule has 2 aromatic rings. The maximum Gasteiger partial charge on any atom is 0.255 e. The van der Waals surface area contributed by atoms with Gasteiger partial charge in [-0.3, -0.25) is 9.78 Å². The molecule has 2 aromatic heterocycles. The number of aryl methyl sites for hydroxylation is 1. The number of carbonyl (C=O) groups excluding carboxylic acids is 1. The number of anilines is 1. The normalized spacial score (nSPS) is 10.1. The maximum absolute atomic E-state index is 11.9. The molecule has 0 aliphatic carbocycles. The second kappa shape index (κ2) is 5.27. The molecule has 0 spiro atoms. The lowest BCUT2D eigenvalue weighted by atomic mass is 10.2. The van der Waals surface area contributed by atoms with Crippen LogP contribution >= 0.6 is 0 Å². The van der Waals surface area contributed by atoms with Crippen LogP contribution in [0.25, 0.3) is 0 Å². The van der Waals surface area contributed by atoms with Crippen LogP contribution in [0.15, 0.2) is 36.7 Å². The number of nitrogen functional groups attached to an aromatic ring is 1. The molecular formula is C13H14N4O. The van der Waals surface area contributed by atoms with E-state index in [-0.39, 0.29) is 11.7 Å². The Morgan fingerprint density at radius 1 is 1.28 bits per heavy atom. The predicted molar refractivity (Wildman–Crippen MR) is 68.8 cm³/mol. The number of pyridine rings is 2. The Morgan fingerprint density at radius 3 is 2.72 bits per heavy atom. The monoisotopic (exact) mass is 242 g/mol. The van der Waals surface area contributed by atoms with Crippen LogP contribution in [0.2, 0.25) is 0 Å². The van der Waals surface area contributed by atoms with Gasteiger partial charge in [-0.2, -0.15) is 0 Å². The highest BCUT2D eigenvalue weighted by atomic mass is 16.1. The van der Waals surface area contributed by atoms with E-state index in [2.05, 4.69) is 15.3 Å². The minimum atomic E-state index is -0.245. The molecule has 0 fully saturated rings. The van der Waals surface area contributed by atoms with Gasteiger partial charge in [0.25, 0.3) is 5.91 Å². The molecule has 5 nitrogen and oxygen atoms in total. The average Bonchev–Trinajstić information content (AvgIpc) is 2.38. The van der Waals surface area contributed by atoms with Gasteiger partial charge in [-0.05, 0) is 30.7 Å². The zero-order valence-electron chi connectivity index (χ0n) is 10.1. The zero-order valence-corrected chi connectivity index (χ0v) is 10.1. The van der Waals surface area contributed by atoms with Crippen LogP contribution in [0.5, 0.6) is 0 Å². The fourth-order valence-electron chi connectivity index (χ4n) is 1.57. The van der Waals surface area contributed by atoms with Gasteiger partial charge in [0, 0.05) is 12.4 Å². The Labute approximate surface area is 105 Å².